The van der Waals surface area contributed by atoms with Crippen molar-refractivity contribution in [2.24, 2.45) is 17.8 Å². The predicted octanol–water partition coefficient (Wildman–Crippen LogP) is 1.56. The minimum absolute atomic E-state index is 0.924. The van der Waals surface area contributed by atoms with Crippen molar-refractivity contribution >= 4 is 0 Å². The Hall–Kier alpha value is -0.300. The second kappa shape index (κ2) is 2.10. The molecule has 11 heavy (non-hydrogen) atoms. The second-order valence-corrected chi connectivity index (χ2v) is 4.40. The summed E-state index contributed by atoms with van der Waals surface area (Å²) in [5.74, 6) is 2.87. The smallest absolute Gasteiger partial charge is 0.00172 e. The molecule has 1 heterocycles. The molecule has 1 heteroatoms. The Kier molecular flexibility index (Phi) is 1.19. The molecule has 3 rings (SSSR count). The Morgan fingerprint density at radius 3 is 3.27 bits per heavy atom. The van der Waals surface area contributed by atoms with Gasteiger partial charge in [-0.25, -0.2) is 0 Å². The lowest BCUT2D eigenvalue weighted by molar-refractivity contribution is 0.363. The van der Waals surface area contributed by atoms with Crippen LogP contribution in [0, 0.1) is 17.8 Å². The molecule has 0 amide bonds. The molecule has 0 aromatic heterocycles. The molecule has 1 fully saturated rings. The van der Waals surface area contributed by atoms with Crippen LogP contribution in [0.4, 0.5) is 0 Å². The first kappa shape index (κ1) is 6.24. The molecule has 0 spiro atoms. The van der Waals surface area contributed by atoms with E-state index in [0.29, 0.717) is 0 Å². The molecule has 3 unspecified atom stereocenters. The van der Waals surface area contributed by atoms with Crippen LogP contribution in [-0.4, -0.2) is 13.1 Å². The molecule has 3 atom stereocenters. The zero-order chi connectivity index (χ0) is 7.26. The first-order valence-electron chi connectivity index (χ1n) is 4.83. The van der Waals surface area contributed by atoms with Crippen LogP contribution < -0.4 is 5.32 Å². The van der Waals surface area contributed by atoms with E-state index in [9.17, 15) is 0 Å². The second-order valence-electron chi connectivity index (χ2n) is 4.40. The minimum Gasteiger partial charge on any atom is -0.316 e. The summed E-state index contributed by atoms with van der Waals surface area (Å²) in [6.45, 7) is 2.54. The summed E-state index contributed by atoms with van der Waals surface area (Å²) >= 11 is 0. The fourth-order valence-corrected chi connectivity index (χ4v) is 3.10. The summed E-state index contributed by atoms with van der Waals surface area (Å²) in [5, 5.41) is 3.57. The van der Waals surface area contributed by atoms with Crippen molar-refractivity contribution in [3.63, 3.8) is 0 Å². The van der Waals surface area contributed by atoms with Gasteiger partial charge in [0.2, 0.25) is 0 Å². The summed E-state index contributed by atoms with van der Waals surface area (Å²) in [6.07, 6.45) is 6.90. The molecule has 60 valence electrons. The van der Waals surface area contributed by atoms with Crippen molar-refractivity contribution in [3.8, 4) is 0 Å². The first-order chi connectivity index (χ1) is 5.42. The van der Waals surface area contributed by atoms with Crippen LogP contribution in [0.25, 0.3) is 0 Å². The van der Waals surface area contributed by atoms with Crippen LogP contribution in [0.15, 0.2) is 11.6 Å². The highest BCUT2D eigenvalue weighted by atomic mass is 14.9. The molecule has 1 saturated heterocycles. The maximum atomic E-state index is 3.57. The van der Waals surface area contributed by atoms with Crippen LogP contribution in [0.1, 0.15) is 19.3 Å². The average molecular weight is 149 g/mol. The van der Waals surface area contributed by atoms with Gasteiger partial charge in [0.1, 0.15) is 0 Å². The summed E-state index contributed by atoms with van der Waals surface area (Å²) in [4.78, 5) is 0. The molecule has 0 radical (unpaired) electrons. The molecule has 3 aliphatic rings. The van der Waals surface area contributed by atoms with Gasteiger partial charge in [0, 0.05) is 6.54 Å². The largest absolute Gasteiger partial charge is 0.316 e. The summed E-state index contributed by atoms with van der Waals surface area (Å²) in [7, 11) is 0. The fraction of sp³-hybridized carbons (Fsp3) is 0.800. The average Bonchev–Trinajstić information content (AvgIpc) is 2.17. The Bertz CT molecular complexity index is 207. The molecular formula is C10H15N. The number of allylic oxidation sites excluding steroid dienone is 1. The molecule has 0 aromatic carbocycles. The zero-order valence-electron chi connectivity index (χ0n) is 6.84. The van der Waals surface area contributed by atoms with E-state index in [4.69, 9.17) is 0 Å². The molecule has 2 aliphatic carbocycles. The van der Waals surface area contributed by atoms with Crippen molar-refractivity contribution in [1.29, 1.82) is 0 Å². The number of fused-ring (bicyclic) bond motifs is 2. The highest BCUT2D eigenvalue weighted by molar-refractivity contribution is 5.21. The Labute approximate surface area is 67.9 Å². The molecule has 1 nitrogen and oxygen atoms in total. The Balaban J connectivity index is 1.98. The Morgan fingerprint density at radius 2 is 2.27 bits per heavy atom. The van der Waals surface area contributed by atoms with Gasteiger partial charge in [-0.1, -0.05) is 11.6 Å². The van der Waals surface area contributed by atoms with Gasteiger partial charge in [-0.15, -0.1) is 0 Å². The van der Waals surface area contributed by atoms with E-state index in [2.05, 4.69) is 11.4 Å². The van der Waals surface area contributed by atoms with Crippen LogP contribution >= 0.6 is 0 Å². The van der Waals surface area contributed by atoms with E-state index in [1.165, 1.54) is 32.4 Å². The van der Waals surface area contributed by atoms with Gasteiger partial charge in [-0.05, 0) is 43.6 Å². The predicted molar refractivity (Wildman–Crippen MR) is 45.3 cm³/mol. The van der Waals surface area contributed by atoms with Gasteiger partial charge in [0.25, 0.3) is 0 Å². The topological polar surface area (TPSA) is 12.0 Å². The lowest BCUT2D eigenvalue weighted by atomic mass is 9.88. The van der Waals surface area contributed by atoms with E-state index in [-0.39, 0.29) is 0 Å². The van der Waals surface area contributed by atoms with E-state index < -0.39 is 0 Å². The third-order valence-electron chi connectivity index (χ3n) is 3.55. The van der Waals surface area contributed by atoms with Crippen LogP contribution in [-0.2, 0) is 0 Å². The standard InChI is InChI=1S/C10H15N/c1-7-2-9-4-8(1)5-11-6-10(9)3-7/h2,7-8,10-11H,1,3-6H2. The SMILES string of the molecule is C1=C2CC3CNCC2CC1C3. The summed E-state index contributed by atoms with van der Waals surface area (Å²) < 4.78 is 0. The summed E-state index contributed by atoms with van der Waals surface area (Å²) in [6, 6.07) is 0. The minimum atomic E-state index is 0.924. The van der Waals surface area contributed by atoms with Gasteiger partial charge >= 0.3 is 0 Å². The highest BCUT2D eigenvalue weighted by Gasteiger charge is 2.35. The van der Waals surface area contributed by atoms with Crippen molar-refractivity contribution in [3.05, 3.63) is 11.6 Å². The lowest BCUT2D eigenvalue weighted by Crippen LogP contribution is -2.27. The van der Waals surface area contributed by atoms with Crippen molar-refractivity contribution < 1.29 is 0 Å². The number of nitrogens with one attached hydrogen (secondary N) is 1. The first-order valence-corrected chi connectivity index (χ1v) is 4.83. The molecule has 0 aromatic rings. The lowest BCUT2D eigenvalue weighted by Gasteiger charge is -2.21. The van der Waals surface area contributed by atoms with Crippen molar-refractivity contribution in [2.45, 2.75) is 19.3 Å². The number of rotatable bonds is 0. The van der Waals surface area contributed by atoms with Crippen LogP contribution in [0.5, 0.6) is 0 Å². The molecule has 1 N–H and O–H groups in total. The normalized spacial score (nSPS) is 47.3. The van der Waals surface area contributed by atoms with Gasteiger partial charge in [0.15, 0.2) is 0 Å². The third-order valence-corrected chi connectivity index (χ3v) is 3.55. The fourth-order valence-electron chi connectivity index (χ4n) is 3.10. The maximum Gasteiger partial charge on any atom is 0.00172 e. The van der Waals surface area contributed by atoms with Crippen molar-refractivity contribution in [2.75, 3.05) is 13.1 Å². The van der Waals surface area contributed by atoms with Crippen molar-refractivity contribution in [1.82, 2.24) is 5.32 Å². The number of hydrogen-bond acceptors (Lipinski definition) is 1. The van der Waals surface area contributed by atoms with E-state index in [0.717, 1.165) is 17.8 Å². The van der Waals surface area contributed by atoms with Gasteiger partial charge < -0.3 is 5.32 Å². The van der Waals surface area contributed by atoms with Crippen LogP contribution in [0.2, 0.25) is 0 Å². The Morgan fingerprint density at radius 1 is 1.27 bits per heavy atom. The van der Waals surface area contributed by atoms with Crippen LogP contribution in [0.3, 0.4) is 0 Å². The third kappa shape index (κ3) is 0.871. The zero-order valence-corrected chi connectivity index (χ0v) is 6.84. The molecular weight excluding hydrogens is 134 g/mol. The van der Waals surface area contributed by atoms with Gasteiger partial charge in [-0.3, -0.25) is 0 Å². The number of hydrogen-bond donors (Lipinski definition) is 1. The monoisotopic (exact) mass is 149 g/mol. The highest BCUT2D eigenvalue weighted by Crippen LogP contribution is 2.44. The van der Waals surface area contributed by atoms with Gasteiger partial charge in [-0.2, -0.15) is 0 Å². The van der Waals surface area contributed by atoms with Gasteiger partial charge in [0.05, 0.1) is 0 Å². The summed E-state index contributed by atoms with van der Waals surface area (Å²) in [5.41, 5.74) is 1.79. The molecule has 1 aliphatic heterocycles. The maximum absolute atomic E-state index is 3.57. The van der Waals surface area contributed by atoms with E-state index in [1.807, 2.05) is 0 Å². The molecule has 3 bridgehead atoms. The quantitative estimate of drug-likeness (QED) is 0.515. The van der Waals surface area contributed by atoms with E-state index >= 15 is 0 Å². The van der Waals surface area contributed by atoms with E-state index in [1.54, 1.807) is 5.57 Å². The molecule has 0 saturated carbocycles.